The SMILES string of the molecule is CCN(c1cccc(C)c1)c1ncnc(-n2nc(C)cc2C)c1N. The Balaban J connectivity index is 2.11. The van der Waals surface area contributed by atoms with Crippen LogP contribution in [0.4, 0.5) is 17.2 Å². The van der Waals surface area contributed by atoms with Crippen molar-refractivity contribution in [2.45, 2.75) is 27.7 Å². The fourth-order valence-electron chi connectivity index (χ4n) is 2.86. The van der Waals surface area contributed by atoms with Gasteiger partial charge >= 0.3 is 0 Å². The summed E-state index contributed by atoms with van der Waals surface area (Å²) in [6.45, 7) is 8.84. The Bertz CT molecular complexity index is 868. The normalized spacial score (nSPS) is 10.8. The summed E-state index contributed by atoms with van der Waals surface area (Å²) in [6, 6.07) is 10.3. The molecule has 6 heteroatoms. The smallest absolute Gasteiger partial charge is 0.182 e. The zero-order valence-electron chi connectivity index (χ0n) is 14.5. The molecule has 1 aromatic carbocycles. The first kappa shape index (κ1) is 16.0. The molecule has 124 valence electrons. The Morgan fingerprint density at radius 1 is 1.12 bits per heavy atom. The van der Waals surface area contributed by atoms with E-state index in [1.165, 1.54) is 11.9 Å². The van der Waals surface area contributed by atoms with Crippen LogP contribution in [0.5, 0.6) is 0 Å². The van der Waals surface area contributed by atoms with Gasteiger partial charge in [0.05, 0.1) is 5.69 Å². The number of anilines is 3. The molecular weight excluding hydrogens is 300 g/mol. The molecule has 0 spiro atoms. The Morgan fingerprint density at radius 2 is 1.92 bits per heavy atom. The fraction of sp³-hybridized carbons (Fsp3) is 0.278. The summed E-state index contributed by atoms with van der Waals surface area (Å²) < 4.78 is 1.76. The summed E-state index contributed by atoms with van der Waals surface area (Å²) in [4.78, 5) is 10.9. The van der Waals surface area contributed by atoms with Gasteiger partial charge in [0.2, 0.25) is 0 Å². The average molecular weight is 322 g/mol. The van der Waals surface area contributed by atoms with Crippen LogP contribution in [-0.4, -0.2) is 26.3 Å². The van der Waals surface area contributed by atoms with Gasteiger partial charge in [0, 0.05) is 17.9 Å². The molecule has 0 fully saturated rings. The van der Waals surface area contributed by atoms with Crippen molar-refractivity contribution in [3.05, 3.63) is 53.6 Å². The molecule has 3 aromatic rings. The van der Waals surface area contributed by atoms with Crippen LogP contribution >= 0.6 is 0 Å². The fourth-order valence-corrected chi connectivity index (χ4v) is 2.86. The Labute approximate surface area is 142 Å². The van der Waals surface area contributed by atoms with Gasteiger partial charge < -0.3 is 10.6 Å². The van der Waals surface area contributed by atoms with Gasteiger partial charge in [-0.2, -0.15) is 5.10 Å². The van der Waals surface area contributed by atoms with Gasteiger partial charge in [-0.15, -0.1) is 0 Å². The second kappa shape index (κ2) is 6.31. The molecule has 0 atom stereocenters. The maximum atomic E-state index is 6.42. The Hall–Kier alpha value is -2.89. The van der Waals surface area contributed by atoms with Crippen molar-refractivity contribution in [1.82, 2.24) is 19.7 Å². The molecule has 0 amide bonds. The first-order valence-corrected chi connectivity index (χ1v) is 7.99. The molecule has 2 N–H and O–H groups in total. The highest BCUT2D eigenvalue weighted by molar-refractivity contribution is 5.76. The zero-order chi connectivity index (χ0) is 17.3. The molecule has 0 radical (unpaired) electrons. The van der Waals surface area contributed by atoms with Crippen LogP contribution in [0.2, 0.25) is 0 Å². The van der Waals surface area contributed by atoms with E-state index >= 15 is 0 Å². The van der Waals surface area contributed by atoms with Gasteiger partial charge in [0.1, 0.15) is 12.0 Å². The van der Waals surface area contributed by atoms with Crippen molar-refractivity contribution in [3.8, 4) is 5.82 Å². The molecular formula is C18H22N6. The number of aryl methyl sites for hydroxylation is 3. The van der Waals surface area contributed by atoms with Gasteiger partial charge in [-0.3, -0.25) is 0 Å². The molecule has 0 aliphatic carbocycles. The van der Waals surface area contributed by atoms with Crippen molar-refractivity contribution in [2.24, 2.45) is 0 Å². The summed E-state index contributed by atoms with van der Waals surface area (Å²) in [6.07, 6.45) is 1.54. The minimum atomic E-state index is 0.520. The van der Waals surface area contributed by atoms with Crippen LogP contribution < -0.4 is 10.6 Å². The number of nitrogens with zero attached hydrogens (tertiary/aromatic N) is 5. The van der Waals surface area contributed by atoms with E-state index in [4.69, 9.17) is 5.73 Å². The van der Waals surface area contributed by atoms with Gasteiger partial charge in [0.15, 0.2) is 11.6 Å². The van der Waals surface area contributed by atoms with E-state index in [-0.39, 0.29) is 0 Å². The van der Waals surface area contributed by atoms with Gasteiger partial charge in [-0.25, -0.2) is 14.6 Å². The van der Waals surface area contributed by atoms with E-state index < -0.39 is 0 Å². The van der Waals surface area contributed by atoms with Crippen LogP contribution in [0.25, 0.3) is 5.82 Å². The lowest BCUT2D eigenvalue weighted by atomic mass is 10.2. The third-order valence-corrected chi connectivity index (χ3v) is 3.94. The highest BCUT2D eigenvalue weighted by atomic mass is 15.3. The van der Waals surface area contributed by atoms with E-state index in [0.717, 1.165) is 23.6 Å². The molecule has 3 rings (SSSR count). The lowest BCUT2D eigenvalue weighted by molar-refractivity contribution is 0.801. The van der Waals surface area contributed by atoms with Crippen molar-refractivity contribution in [2.75, 3.05) is 17.2 Å². The Kier molecular flexibility index (Phi) is 4.20. The topological polar surface area (TPSA) is 72.9 Å². The molecule has 0 saturated carbocycles. The predicted molar refractivity (Wildman–Crippen MR) is 96.9 cm³/mol. The molecule has 0 unspecified atom stereocenters. The van der Waals surface area contributed by atoms with E-state index in [1.54, 1.807) is 4.68 Å². The number of nitrogens with two attached hydrogens (primary N) is 1. The highest BCUT2D eigenvalue weighted by Gasteiger charge is 2.18. The molecule has 0 saturated heterocycles. The van der Waals surface area contributed by atoms with E-state index in [1.807, 2.05) is 26.0 Å². The second-order valence-electron chi connectivity index (χ2n) is 5.86. The highest BCUT2D eigenvalue weighted by Crippen LogP contribution is 2.31. The van der Waals surface area contributed by atoms with Gasteiger partial charge in [0.25, 0.3) is 0 Å². The molecule has 0 aliphatic rings. The van der Waals surface area contributed by atoms with Crippen molar-refractivity contribution >= 4 is 17.2 Å². The monoisotopic (exact) mass is 322 g/mol. The number of nitrogen functional groups attached to an aromatic ring is 1. The van der Waals surface area contributed by atoms with Crippen LogP contribution in [-0.2, 0) is 0 Å². The van der Waals surface area contributed by atoms with E-state index in [2.05, 4.69) is 52.0 Å². The molecule has 0 aliphatic heterocycles. The number of aromatic nitrogens is 4. The largest absolute Gasteiger partial charge is 0.393 e. The molecule has 0 bridgehead atoms. The lowest BCUT2D eigenvalue weighted by Crippen LogP contribution is -2.20. The first-order valence-electron chi connectivity index (χ1n) is 7.99. The van der Waals surface area contributed by atoms with Crippen molar-refractivity contribution in [1.29, 1.82) is 0 Å². The van der Waals surface area contributed by atoms with Gasteiger partial charge in [-0.1, -0.05) is 12.1 Å². The van der Waals surface area contributed by atoms with Crippen LogP contribution in [0.1, 0.15) is 23.9 Å². The maximum Gasteiger partial charge on any atom is 0.182 e. The van der Waals surface area contributed by atoms with Crippen LogP contribution in [0, 0.1) is 20.8 Å². The minimum absolute atomic E-state index is 0.520. The average Bonchev–Trinajstić information content (AvgIpc) is 2.88. The summed E-state index contributed by atoms with van der Waals surface area (Å²) in [5.41, 5.74) is 11.1. The van der Waals surface area contributed by atoms with Crippen molar-refractivity contribution < 1.29 is 0 Å². The summed E-state index contributed by atoms with van der Waals surface area (Å²) in [5.74, 6) is 1.30. The minimum Gasteiger partial charge on any atom is -0.393 e. The van der Waals surface area contributed by atoms with Crippen LogP contribution in [0.15, 0.2) is 36.7 Å². The molecule has 24 heavy (non-hydrogen) atoms. The summed E-state index contributed by atoms with van der Waals surface area (Å²) in [7, 11) is 0. The van der Waals surface area contributed by atoms with Gasteiger partial charge in [-0.05, 0) is 51.5 Å². The first-order chi connectivity index (χ1) is 11.5. The van der Waals surface area contributed by atoms with Crippen LogP contribution in [0.3, 0.4) is 0 Å². The van der Waals surface area contributed by atoms with Crippen molar-refractivity contribution in [3.63, 3.8) is 0 Å². The molecule has 2 aromatic heterocycles. The number of benzene rings is 1. The third-order valence-electron chi connectivity index (χ3n) is 3.94. The molecule has 2 heterocycles. The summed E-state index contributed by atoms with van der Waals surface area (Å²) >= 11 is 0. The lowest BCUT2D eigenvalue weighted by Gasteiger charge is -2.24. The predicted octanol–water partition coefficient (Wildman–Crippen LogP) is 3.33. The molecule has 6 nitrogen and oxygen atoms in total. The number of rotatable bonds is 4. The number of hydrogen-bond donors (Lipinski definition) is 1. The van der Waals surface area contributed by atoms with E-state index in [0.29, 0.717) is 17.3 Å². The quantitative estimate of drug-likeness (QED) is 0.797. The van der Waals surface area contributed by atoms with E-state index in [9.17, 15) is 0 Å². The maximum absolute atomic E-state index is 6.42. The third kappa shape index (κ3) is 2.82. The Morgan fingerprint density at radius 3 is 2.54 bits per heavy atom. The number of hydrogen-bond acceptors (Lipinski definition) is 5. The standard InChI is InChI=1S/C18H22N6/c1-5-23(15-8-6-7-12(2)9-15)17-16(19)18(21-11-20-17)24-14(4)10-13(3)22-24/h6-11H,5,19H2,1-4H3. The second-order valence-corrected chi connectivity index (χ2v) is 5.86. The zero-order valence-corrected chi connectivity index (χ0v) is 14.5. The summed E-state index contributed by atoms with van der Waals surface area (Å²) in [5, 5.41) is 4.48.